The van der Waals surface area contributed by atoms with E-state index in [1.807, 2.05) is 66.2 Å². The van der Waals surface area contributed by atoms with Crippen LogP contribution in [0.4, 0.5) is 0 Å². The molecular weight excluding hydrogens is 302 g/mol. The molecule has 2 aliphatic carbocycles. The number of rotatable bonds is 2. The fraction of sp³-hybridized carbons (Fsp3) is 0.105. The monoisotopic (exact) mass is 317 g/mol. The summed E-state index contributed by atoms with van der Waals surface area (Å²) in [6.45, 7) is 1.93. The fourth-order valence-electron chi connectivity index (χ4n) is 2.90. The first kappa shape index (κ1) is 14.4. The number of methoxy groups -OCH3 is 1. The van der Waals surface area contributed by atoms with Crippen LogP contribution in [0.25, 0.3) is 28.2 Å². The van der Waals surface area contributed by atoms with Crippen molar-refractivity contribution in [1.29, 1.82) is 0 Å². The Bertz CT molecular complexity index is 1040. The van der Waals surface area contributed by atoms with Crippen molar-refractivity contribution in [3.63, 3.8) is 0 Å². The van der Waals surface area contributed by atoms with E-state index in [-0.39, 0.29) is 5.97 Å². The van der Waals surface area contributed by atoms with Gasteiger partial charge in [0.25, 0.3) is 0 Å². The molecule has 118 valence electrons. The minimum atomic E-state index is -0.352. The van der Waals surface area contributed by atoms with Gasteiger partial charge in [-0.1, -0.05) is 30.3 Å². The smallest absolute Gasteiger partial charge is 0.338 e. The van der Waals surface area contributed by atoms with Crippen molar-refractivity contribution in [2.24, 2.45) is 0 Å². The molecule has 24 heavy (non-hydrogen) atoms. The molecule has 2 aromatic rings. The van der Waals surface area contributed by atoms with Gasteiger partial charge in [-0.2, -0.15) is 0 Å². The molecule has 0 spiro atoms. The molecule has 0 amide bonds. The lowest BCUT2D eigenvalue weighted by molar-refractivity contribution is 0.0602. The number of hydrogen-bond donors (Lipinski definition) is 0. The van der Waals surface area contributed by atoms with Gasteiger partial charge in [-0.25, -0.2) is 14.8 Å². The number of aryl methyl sites for hydroxylation is 1. The van der Waals surface area contributed by atoms with E-state index >= 15 is 0 Å². The van der Waals surface area contributed by atoms with Crippen molar-refractivity contribution in [1.82, 2.24) is 14.4 Å². The van der Waals surface area contributed by atoms with E-state index in [0.29, 0.717) is 11.3 Å². The van der Waals surface area contributed by atoms with E-state index in [1.54, 1.807) is 0 Å². The summed E-state index contributed by atoms with van der Waals surface area (Å²) in [4.78, 5) is 21.2. The SMILES string of the molecule is COC(=O)c1cc(-c2cn3ccc(C)nc3n2)c2cccccc1-2. The van der Waals surface area contributed by atoms with Gasteiger partial charge in [0.1, 0.15) is 0 Å². The zero-order chi connectivity index (χ0) is 16.7. The average Bonchev–Trinajstić information content (AvgIpc) is 3.06. The van der Waals surface area contributed by atoms with Crippen molar-refractivity contribution in [2.75, 3.05) is 7.11 Å². The third-order valence-electron chi connectivity index (χ3n) is 4.05. The van der Waals surface area contributed by atoms with Gasteiger partial charge < -0.3 is 4.74 Å². The van der Waals surface area contributed by atoms with Crippen LogP contribution in [0.3, 0.4) is 0 Å². The number of carbonyl (C=O) groups is 1. The third kappa shape index (κ3) is 2.22. The van der Waals surface area contributed by atoms with Crippen molar-refractivity contribution in [2.45, 2.75) is 6.92 Å². The molecule has 2 aromatic heterocycles. The summed E-state index contributed by atoms with van der Waals surface area (Å²) in [7, 11) is 1.39. The first-order chi connectivity index (χ1) is 11.7. The topological polar surface area (TPSA) is 56.5 Å². The highest BCUT2D eigenvalue weighted by Crippen LogP contribution is 2.38. The number of aromatic nitrogens is 3. The number of fused-ring (bicyclic) bond motifs is 2. The van der Waals surface area contributed by atoms with Crippen LogP contribution in [0.5, 0.6) is 0 Å². The second kappa shape index (κ2) is 5.45. The van der Waals surface area contributed by atoms with E-state index in [4.69, 9.17) is 4.74 Å². The second-order valence-corrected chi connectivity index (χ2v) is 5.60. The summed E-state index contributed by atoms with van der Waals surface area (Å²) in [5.41, 5.74) is 4.93. The number of nitrogens with zero attached hydrogens (tertiary/aromatic N) is 3. The molecule has 4 rings (SSSR count). The quantitative estimate of drug-likeness (QED) is 0.530. The van der Waals surface area contributed by atoms with Gasteiger partial charge in [-0.3, -0.25) is 4.40 Å². The number of ether oxygens (including phenoxy) is 1. The lowest BCUT2D eigenvalue weighted by Crippen LogP contribution is -1.99. The molecule has 0 radical (unpaired) electrons. The predicted molar refractivity (Wildman–Crippen MR) is 91.1 cm³/mol. The average molecular weight is 317 g/mol. The van der Waals surface area contributed by atoms with Crippen LogP contribution >= 0.6 is 0 Å². The van der Waals surface area contributed by atoms with E-state index in [9.17, 15) is 4.79 Å². The molecule has 0 saturated carbocycles. The molecule has 0 unspecified atom stereocenters. The molecule has 0 fully saturated rings. The van der Waals surface area contributed by atoms with Crippen LogP contribution in [0, 0.1) is 6.92 Å². The Morgan fingerprint density at radius 1 is 1.04 bits per heavy atom. The zero-order valence-corrected chi connectivity index (χ0v) is 13.4. The highest BCUT2D eigenvalue weighted by Gasteiger charge is 2.22. The van der Waals surface area contributed by atoms with Gasteiger partial charge in [0.05, 0.1) is 18.4 Å². The summed E-state index contributed by atoms with van der Waals surface area (Å²) in [6, 6.07) is 13.5. The lowest BCUT2D eigenvalue weighted by Gasteiger charge is -1.99. The molecule has 2 aliphatic rings. The van der Waals surface area contributed by atoms with E-state index < -0.39 is 0 Å². The predicted octanol–water partition coefficient (Wildman–Crippen LogP) is 3.60. The first-order valence-electron chi connectivity index (χ1n) is 7.60. The molecule has 0 bridgehead atoms. The second-order valence-electron chi connectivity index (χ2n) is 5.60. The van der Waals surface area contributed by atoms with Crippen LogP contribution in [0.15, 0.2) is 54.9 Å². The maximum absolute atomic E-state index is 12.1. The maximum atomic E-state index is 12.1. The Hall–Kier alpha value is -3.21. The van der Waals surface area contributed by atoms with E-state index in [0.717, 1.165) is 28.1 Å². The zero-order valence-electron chi connectivity index (χ0n) is 13.4. The number of carbonyl (C=O) groups excluding carboxylic acids is 1. The standard InChI is InChI=1S/C19H15N3O2/c1-12-8-9-22-11-17(21-19(22)20-12)15-10-16(18(23)24-2)14-7-5-3-4-6-13(14)15/h3-11H,1-2H3. The molecule has 0 aliphatic heterocycles. The summed E-state index contributed by atoms with van der Waals surface area (Å²) < 4.78 is 6.80. The fourth-order valence-corrected chi connectivity index (χ4v) is 2.90. The summed E-state index contributed by atoms with van der Waals surface area (Å²) >= 11 is 0. The largest absolute Gasteiger partial charge is 0.465 e. The first-order valence-corrected chi connectivity index (χ1v) is 7.60. The van der Waals surface area contributed by atoms with Crippen LogP contribution in [0.1, 0.15) is 16.1 Å². The molecular formula is C19H15N3O2. The summed E-state index contributed by atoms with van der Waals surface area (Å²) in [5.74, 6) is 0.287. The Morgan fingerprint density at radius 2 is 1.83 bits per heavy atom. The third-order valence-corrected chi connectivity index (χ3v) is 4.05. The summed E-state index contributed by atoms with van der Waals surface area (Å²) in [6.07, 6.45) is 3.85. The molecule has 2 heterocycles. The van der Waals surface area contributed by atoms with Crippen molar-refractivity contribution in [3.8, 4) is 22.4 Å². The Morgan fingerprint density at radius 3 is 2.62 bits per heavy atom. The van der Waals surface area contributed by atoms with Crippen molar-refractivity contribution >= 4 is 11.7 Å². The van der Waals surface area contributed by atoms with Crippen LogP contribution in [-0.2, 0) is 4.74 Å². The number of hydrogen-bond acceptors (Lipinski definition) is 4. The Labute approximate surface area is 138 Å². The number of imidazole rings is 1. The van der Waals surface area contributed by atoms with Crippen LogP contribution in [0.2, 0.25) is 0 Å². The normalized spacial score (nSPS) is 11.1. The van der Waals surface area contributed by atoms with Gasteiger partial charge in [-0.05, 0) is 30.2 Å². The van der Waals surface area contributed by atoms with E-state index in [1.165, 1.54) is 7.11 Å². The highest BCUT2D eigenvalue weighted by atomic mass is 16.5. The molecule has 0 N–H and O–H groups in total. The van der Waals surface area contributed by atoms with Crippen molar-refractivity contribution in [3.05, 3.63) is 66.1 Å². The van der Waals surface area contributed by atoms with Gasteiger partial charge in [0.2, 0.25) is 5.78 Å². The van der Waals surface area contributed by atoms with Crippen LogP contribution < -0.4 is 0 Å². The van der Waals surface area contributed by atoms with Crippen molar-refractivity contribution < 1.29 is 9.53 Å². The maximum Gasteiger partial charge on any atom is 0.338 e. The minimum absolute atomic E-state index is 0.352. The molecule has 0 atom stereocenters. The highest BCUT2D eigenvalue weighted by molar-refractivity contribution is 6.04. The van der Waals surface area contributed by atoms with E-state index in [2.05, 4.69) is 9.97 Å². The molecule has 0 aromatic carbocycles. The Balaban J connectivity index is 1.97. The number of esters is 1. The molecule has 5 heteroatoms. The Kier molecular flexibility index (Phi) is 3.27. The lowest BCUT2D eigenvalue weighted by atomic mass is 10.1. The molecule has 0 saturated heterocycles. The van der Waals surface area contributed by atoms with Gasteiger partial charge in [-0.15, -0.1) is 0 Å². The summed E-state index contributed by atoms with van der Waals surface area (Å²) in [5, 5.41) is 0. The van der Waals surface area contributed by atoms with Gasteiger partial charge >= 0.3 is 5.97 Å². The van der Waals surface area contributed by atoms with Crippen LogP contribution in [-0.4, -0.2) is 27.4 Å². The molecule has 5 nitrogen and oxygen atoms in total. The van der Waals surface area contributed by atoms with Gasteiger partial charge in [0, 0.05) is 23.7 Å². The van der Waals surface area contributed by atoms with Gasteiger partial charge in [0.15, 0.2) is 0 Å². The minimum Gasteiger partial charge on any atom is -0.465 e.